The fourth-order valence-electron chi connectivity index (χ4n) is 3.80. The number of aryl methyl sites for hydroxylation is 2. The van der Waals surface area contributed by atoms with Gasteiger partial charge in [-0.2, -0.15) is 4.98 Å². The lowest BCUT2D eigenvalue weighted by Gasteiger charge is -2.29. The Morgan fingerprint density at radius 2 is 1.82 bits per heavy atom. The van der Waals surface area contributed by atoms with Gasteiger partial charge in [-0.25, -0.2) is 0 Å². The second-order valence-corrected chi connectivity index (χ2v) is 9.89. The number of benzene rings is 2. The summed E-state index contributed by atoms with van der Waals surface area (Å²) in [5, 5.41) is 6.65. The van der Waals surface area contributed by atoms with E-state index in [9.17, 15) is 13.8 Å². The van der Waals surface area contributed by atoms with Crippen LogP contribution in [0.3, 0.4) is 0 Å². The smallest absolute Gasteiger partial charge is 0.244 e. The van der Waals surface area contributed by atoms with Crippen LogP contribution in [0.5, 0.6) is 0 Å². The quantitative estimate of drug-likeness (QED) is 0.596. The zero-order valence-corrected chi connectivity index (χ0v) is 19.4. The molecule has 1 aromatic heterocycles. The first-order valence-corrected chi connectivity index (χ1v) is 12.3. The molecule has 172 valence electrons. The molecule has 1 saturated heterocycles. The van der Waals surface area contributed by atoms with Gasteiger partial charge in [0.05, 0.1) is 0 Å². The lowest BCUT2D eigenvalue weighted by Crippen LogP contribution is -2.43. The van der Waals surface area contributed by atoms with Gasteiger partial charge in [-0.15, -0.1) is 0 Å². The molecular formula is C24H26N4O4S. The number of anilines is 2. The Morgan fingerprint density at radius 3 is 2.45 bits per heavy atom. The van der Waals surface area contributed by atoms with Crippen molar-refractivity contribution in [2.75, 3.05) is 28.3 Å². The number of carbonyl (C=O) groups is 2. The Labute approximate surface area is 194 Å². The van der Waals surface area contributed by atoms with Gasteiger partial charge in [0.1, 0.15) is 6.54 Å². The summed E-state index contributed by atoms with van der Waals surface area (Å²) in [5.74, 6) is 0.886. The van der Waals surface area contributed by atoms with Crippen molar-refractivity contribution >= 4 is 34.0 Å². The number of amides is 2. The summed E-state index contributed by atoms with van der Waals surface area (Å²) in [6.07, 6.45) is 2.41. The van der Waals surface area contributed by atoms with Crippen LogP contribution in [-0.2, 0) is 20.4 Å². The molecule has 1 aliphatic rings. The summed E-state index contributed by atoms with van der Waals surface area (Å²) < 4.78 is 16.5. The molecule has 0 saturated carbocycles. The Hall–Kier alpha value is -3.33. The summed E-state index contributed by atoms with van der Waals surface area (Å²) >= 11 is 0. The summed E-state index contributed by atoms with van der Waals surface area (Å²) in [6.45, 7) is 3.89. The summed E-state index contributed by atoms with van der Waals surface area (Å²) in [4.78, 5) is 31.9. The molecule has 2 heterocycles. The highest BCUT2D eigenvalue weighted by atomic mass is 32.2. The molecule has 9 heteroatoms. The van der Waals surface area contributed by atoms with Crippen molar-refractivity contribution in [2.45, 2.75) is 26.7 Å². The third kappa shape index (κ3) is 5.54. The van der Waals surface area contributed by atoms with E-state index in [0.29, 0.717) is 41.5 Å². The van der Waals surface area contributed by atoms with Crippen molar-refractivity contribution in [2.24, 2.45) is 5.92 Å². The number of nitrogens with one attached hydrogen (secondary N) is 1. The van der Waals surface area contributed by atoms with E-state index in [-0.39, 0.29) is 24.3 Å². The second kappa shape index (κ2) is 10.1. The van der Waals surface area contributed by atoms with Gasteiger partial charge < -0.3 is 14.7 Å². The maximum absolute atomic E-state index is 13.4. The lowest BCUT2D eigenvalue weighted by atomic mass is 10.00. The van der Waals surface area contributed by atoms with Crippen LogP contribution in [0.4, 0.5) is 11.4 Å². The number of carbonyl (C=O) groups excluding carboxylic acids is 2. The average molecular weight is 467 g/mol. The molecule has 0 bridgehead atoms. The third-order valence-corrected chi connectivity index (χ3v) is 7.28. The zero-order chi connectivity index (χ0) is 23.4. The number of hydrogen-bond donors (Lipinski definition) is 1. The first kappa shape index (κ1) is 22.8. The molecule has 3 aromatic rings. The summed E-state index contributed by atoms with van der Waals surface area (Å²) in [7, 11) is -0.857. The van der Waals surface area contributed by atoms with E-state index in [1.54, 1.807) is 29.2 Å². The SMILES string of the molecule is Cc1ccc(N(CC(=O)Nc2ccc(-c3ncon3)cc2)C(=O)C2CCS(=O)CC2)cc1C. The number of rotatable bonds is 6. The van der Waals surface area contributed by atoms with Crippen LogP contribution in [-0.4, -0.2) is 44.2 Å². The molecule has 0 spiro atoms. The topological polar surface area (TPSA) is 105 Å². The van der Waals surface area contributed by atoms with E-state index in [0.717, 1.165) is 16.7 Å². The van der Waals surface area contributed by atoms with Crippen LogP contribution < -0.4 is 10.2 Å². The third-order valence-electron chi connectivity index (χ3n) is 5.90. The standard InChI is InChI=1S/C24H26N4O4S/c1-16-3-8-21(13-17(16)2)28(24(30)19-9-11-33(31)12-10-19)14-22(29)26-20-6-4-18(5-7-20)23-25-15-32-27-23/h3-8,13,15,19H,9-12,14H2,1-2H3,(H,26,29). The molecule has 1 fully saturated rings. The van der Waals surface area contributed by atoms with Crippen molar-refractivity contribution in [3.8, 4) is 11.4 Å². The van der Waals surface area contributed by atoms with Crippen LogP contribution in [0.2, 0.25) is 0 Å². The molecule has 1 N–H and O–H groups in total. The molecule has 0 unspecified atom stereocenters. The van der Waals surface area contributed by atoms with Crippen LogP contribution in [0, 0.1) is 19.8 Å². The van der Waals surface area contributed by atoms with Crippen molar-refractivity contribution in [1.82, 2.24) is 10.1 Å². The van der Waals surface area contributed by atoms with E-state index in [1.165, 1.54) is 6.39 Å². The highest BCUT2D eigenvalue weighted by molar-refractivity contribution is 7.85. The van der Waals surface area contributed by atoms with Gasteiger partial charge in [0, 0.05) is 45.2 Å². The minimum atomic E-state index is -0.857. The molecular weight excluding hydrogens is 440 g/mol. The average Bonchev–Trinajstić information content (AvgIpc) is 3.35. The van der Waals surface area contributed by atoms with Gasteiger partial charge in [0.25, 0.3) is 0 Å². The van der Waals surface area contributed by atoms with Crippen molar-refractivity contribution < 1.29 is 18.3 Å². The lowest BCUT2D eigenvalue weighted by molar-refractivity contribution is -0.124. The normalized spacial score (nSPS) is 18.0. The maximum Gasteiger partial charge on any atom is 0.244 e. The van der Waals surface area contributed by atoms with E-state index in [4.69, 9.17) is 4.52 Å². The molecule has 1 aliphatic heterocycles. The van der Waals surface area contributed by atoms with Crippen LogP contribution in [0.25, 0.3) is 11.4 Å². The number of aromatic nitrogens is 2. The molecule has 33 heavy (non-hydrogen) atoms. The molecule has 8 nitrogen and oxygen atoms in total. The van der Waals surface area contributed by atoms with Gasteiger partial charge in [-0.1, -0.05) is 11.2 Å². The van der Waals surface area contributed by atoms with E-state index in [2.05, 4.69) is 15.5 Å². The van der Waals surface area contributed by atoms with Gasteiger partial charge in [0.2, 0.25) is 24.0 Å². The van der Waals surface area contributed by atoms with Gasteiger partial charge in [-0.3, -0.25) is 13.8 Å². The minimum Gasteiger partial charge on any atom is -0.342 e. The Kier molecular flexibility index (Phi) is 6.98. The van der Waals surface area contributed by atoms with Gasteiger partial charge >= 0.3 is 0 Å². The second-order valence-electron chi connectivity index (χ2n) is 8.20. The first-order chi connectivity index (χ1) is 15.9. The summed E-state index contributed by atoms with van der Waals surface area (Å²) in [6, 6.07) is 12.8. The molecule has 4 rings (SSSR count). The number of hydrogen-bond acceptors (Lipinski definition) is 6. The van der Waals surface area contributed by atoms with Crippen LogP contribution >= 0.6 is 0 Å². The molecule has 0 radical (unpaired) electrons. The van der Waals surface area contributed by atoms with E-state index in [1.807, 2.05) is 32.0 Å². The zero-order valence-electron chi connectivity index (χ0n) is 18.6. The maximum atomic E-state index is 13.4. The Bertz CT molecular complexity index is 1150. The minimum absolute atomic E-state index is 0.0995. The van der Waals surface area contributed by atoms with Gasteiger partial charge in [-0.05, 0) is 74.2 Å². The van der Waals surface area contributed by atoms with E-state index < -0.39 is 10.8 Å². The van der Waals surface area contributed by atoms with Gasteiger partial charge in [0.15, 0.2) is 0 Å². The fourth-order valence-corrected chi connectivity index (χ4v) is 5.09. The van der Waals surface area contributed by atoms with Crippen LogP contribution in [0.1, 0.15) is 24.0 Å². The highest BCUT2D eigenvalue weighted by Gasteiger charge is 2.30. The predicted octanol–water partition coefficient (Wildman–Crippen LogP) is 3.48. The van der Waals surface area contributed by atoms with Crippen molar-refractivity contribution in [1.29, 1.82) is 0 Å². The molecule has 0 aliphatic carbocycles. The monoisotopic (exact) mass is 466 g/mol. The van der Waals surface area contributed by atoms with Crippen molar-refractivity contribution in [3.63, 3.8) is 0 Å². The summed E-state index contributed by atoms with van der Waals surface area (Å²) in [5.41, 5.74) is 4.23. The Balaban J connectivity index is 1.50. The van der Waals surface area contributed by atoms with Crippen molar-refractivity contribution in [3.05, 3.63) is 60.0 Å². The first-order valence-electron chi connectivity index (χ1n) is 10.8. The highest BCUT2D eigenvalue weighted by Crippen LogP contribution is 2.25. The van der Waals surface area contributed by atoms with Crippen LogP contribution in [0.15, 0.2) is 53.4 Å². The van der Waals surface area contributed by atoms with E-state index >= 15 is 0 Å². The Morgan fingerprint density at radius 1 is 1.09 bits per heavy atom. The molecule has 0 atom stereocenters. The molecule has 2 amide bonds. The predicted molar refractivity (Wildman–Crippen MR) is 127 cm³/mol. The molecule has 2 aromatic carbocycles. The number of nitrogens with zero attached hydrogens (tertiary/aromatic N) is 3. The fraction of sp³-hybridized carbons (Fsp3) is 0.333. The largest absolute Gasteiger partial charge is 0.342 e.